The highest BCUT2D eigenvalue weighted by atomic mass is 16.5. The molecule has 0 saturated heterocycles. The van der Waals surface area contributed by atoms with Gasteiger partial charge in [0.1, 0.15) is 0 Å². The fourth-order valence-corrected chi connectivity index (χ4v) is 0.747. The second kappa shape index (κ2) is 2.41. The van der Waals surface area contributed by atoms with Crippen molar-refractivity contribution in [2.75, 3.05) is 6.61 Å². The fraction of sp³-hybridized carbons (Fsp3) is 0.429. The maximum Gasteiger partial charge on any atom is 0.168 e. The number of hydrogen-bond acceptors (Lipinski definition) is 3. The minimum atomic E-state index is -0.932. The lowest BCUT2D eigenvalue weighted by Crippen LogP contribution is -2.18. The Kier molecular flexibility index (Phi) is 1.60. The van der Waals surface area contributed by atoms with Crippen LogP contribution in [0.3, 0.4) is 0 Å². The van der Waals surface area contributed by atoms with E-state index in [0.29, 0.717) is 13.0 Å². The van der Waals surface area contributed by atoms with Gasteiger partial charge in [0.2, 0.25) is 0 Å². The van der Waals surface area contributed by atoms with E-state index in [4.69, 9.17) is 15.3 Å². The maximum atomic E-state index is 8.56. The van der Waals surface area contributed by atoms with Crippen molar-refractivity contribution in [3.8, 4) is 12.1 Å². The van der Waals surface area contributed by atoms with E-state index in [1.807, 2.05) is 12.1 Å². The quantitative estimate of drug-likeness (QED) is 0.495. The van der Waals surface area contributed by atoms with E-state index in [9.17, 15) is 0 Å². The van der Waals surface area contributed by atoms with Crippen molar-refractivity contribution in [1.82, 2.24) is 0 Å². The first kappa shape index (κ1) is 6.64. The summed E-state index contributed by atoms with van der Waals surface area (Å²) in [6.07, 6.45) is 3.38. The van der Waals surface area contributed by atoms with Gasteiger partial charge in [-0.1, -0.05) is 0 Å². The van der Waals surface area contributed by atoms with Crippen LogP contribution in [0.5, 0.6) is 0 Å². The monoisotopic (exact) mass is 134 g/mol. The first-order chi connectivity index (χ1) is 4.83. The highest BCUT2D eigenvalue weighted by molar-refractivity contribution is 5.24. The lowest BCUT2D eigenvalue weighted by molar-refractivity contribution is 0.204. The Hall–Kier alpha value is -1.48. The van der Waals surface area contributed by atoms with E-state index >= 15 is 0 Å². The molecule has 3 nitrogen and oxygen atoms in total. The molecular weight excluding hydrogens is 128 g/mol. The molecule has 0 amide bonds. The third-order valence-corrected chi connectivity index (χ3v) is 1.46. The van der Waals surface area contributed by atoms with Crippen LogP contribution in [-0.4, -0.2) is 6.61 Å². The van der Waals surface area contributed by atoms with Gasteiger partial charge in [0.05, 0.1) is 25.0 Å². The Morgan fingerprint density at radius 1 is 1.40 bits per heavy atom. The lowest BCUT2D eigenvalue weighted by Gasteiger charge is -2.17. The van der Waals surface area contributed by atoms with E-state index in [-0.39, 0.29) is 0 Å². The summed E-state index contributed by atoms with van der Waals surface area (Å²) in [5.41, 5.74) is -0.932. The Balaban J connectivity index is 2.87. The Morgan fingerprint density at radius 3 is 2.40 bits per heavy atom. The average Bonchev–Trinajstić information content (AvgIpc) is 2.06. The van der Waals surface area contributed by atoms with Gasteiger partial charge in [-0.3, -0.25) is 0 Å². The zero-order chi connectivity index (χ0) is 7.45. The smallest absolute Gasteiger partial charge is 0.168 e. The predicted octanol–water partition coefficient (Wildman–Crippen LogP) is 0.954. The fourth-order valence-electron chi connectivity index (χ4n) is 0.747. The van der Waals surface area contributed by atoms with Crippen LogP contribution in [0.1, 0.15) is 6.42 Å². The highest BCUT2D eigenvalue weighted by Gasteiger charge is 2.28. The van der Waals surface area contributed by atoms with Crippen LogP contribution in [0.2, 0.25) is 0 Å². The van der Waals surface area contributed by atoms with E-state index in [1.54, 1.807) is 0 Å². The Morgan fingerprint density at radius 2 is 2.10 bits per heavy atom. The third-order valence-electron chi connectivity index (χ3n) is 1.46. The molecule has 0 N–H and O–H groups in total. The summed E-state index contributed by atoms with van der Waals surface area (Å²) in [6.45, 7) is 0.456. The molecular formula is C7H6N2O. The van der Waals surface area contributed by atoms with Gasteiger partial charge in [-0.2, -0.15) is 10.5 Å². The summed E-state index contributed by atoms with van der Waals surface area (Å²) in [7, 11) is 0. The molecule has 1 heterocycles. The molecule has 0 saturated carbocycles. The number of allylic oxidation sites excluding steroid dienone is 1. The van der Waals surface area contributed by atoms with E-state index in [0.717, 1.165) is 0 Å². The molecule has 1 rings (SSSR count). The number of ether oxygens (including phenoxy) is 1. The molecule has 0 aromatic carbocycles. The molecule has 3 heteroatoms. The summed E-state index contributed by atoms with van der Waals surface area (Å²) in [5.74, 6) is 0. The van der Waals surface area contributed by atoms with E-state index < -0.39 is 5.41 Å². The minimum absolute atomic E-state index is 0.456. The minimum Gasteiger partial charge on any atom is -0.501 e. The molecule has 0 fully saturated rings. The van der Waals surface area contributed by atoms with Crippen LogP contribution in [0.4, 0.5) is 0 Å². The molecule has 10 heavy (non-hydrogen) atoms. The largest absolute Gasteiger partial charge is 0.501 e. The maximum absolute atomic E-state index is 8.56. The van der Waals surface area contributed by atoms with Crippen molar-refractivity contribution >= 4 is 0 Å². The summed E-state index contributed by atoms with van der Waals surface area (Å²) in [5, 5.41) is 17.1. The van der Waals surface area contributed by atoms with Gasteiger partial charge in [-0.15, -0.1) is 0 Å². The predicted molar refractivity (Wildman–Crippen MR) is 33.4 cm³/mol. The van der Waals surface area contributed by atoms with Crippen molar-refractivity contribution in [3.05, 3.63) is 12.3 Å². The molecule has 0 aromatic heterocycles. The topological polar surface area (TPSA) is 56.8 Å². The molecule has 0 aliphatic carbocycles. The number of nitriles is 2. The third kappa shape index (κ3) is 0.942. The van der Waals surface area contributed by atoms with Crippen molar-refractivity contribution < 1.29 is 4.74 Å². The molecule has 1 aliphatic heterocycles. The lowest BCUT2D eigenvalue weighted by atomic mass is 9.87. The van der Waals surface area contributed by atoms with Crippen LogP contribution in [0.15, 0.2) is 12.3 Å². The summed E-state index contributed by atoms with van der Waals surface area (Å²) in [4.78, 5) is 0. The van der Waals surface area contributed by atoms with Crippen molar-refractivity contribution in [2.45, 2.75) is 6.42 Å². The molecule has 0 aromatic rings. The molecule has 0 bridgehead atoms. The molecule has 1 aliphatic rings. The van der Waals surface area contributed by atoms with E-state index in [1.165, 1.54) is 12.3 Å². The van der Waals surface area contributed by atoms with Gasteiger partial charge in [0.15, 0.2) is 5.41 Å². The zero-order valence-electron chi connectivity index (χ0n) is 5.37. The van der Waals surface area contributed by atoms with Gasteiger partial charge in [0, 0.05) is 6.42 Å². The SMILES string of the molecule is N#CC1(C#N)C=COCC1. The van der Waals surface area contributed by atoms with E-state index in [2.05, 4.69) is 0 Å². The number of rotatable bonds is 0. The van der Waals surface area contributed by atoms with Gasteiger partial charge in [-0.05, 0) is 6.08 Å². The van der Waals surface area contributed by atoms with Crippen molar-refractivity contribution in [3.63, 3.8) is 0 Å². The Labute approximate surface area is 59.1 Å². The highest BCUT2D eigenvalue weighted by Crippen LogP contribution is 2.24. The van der Waals surface area contributed by atoms with Crippen LogP contribution in [-0.2, 0) is 4.74 Å². The Bertz CT molecular complexity index is 217. The summed E-state index contributed by atoms with van der Waals surface area (Å²) >= 11 is 0. The number of nitrogens with zero attached hydrogens (tertiary/aromatic N) is 2. The van der Waals surface area contributed by atoms with Gasteiger partial charge >= 0.3 is 0 Å². The van der Waals surface area contributed by atoms with Gasteiger partial charge < -0.3 is 4.74 Å². The van der Waals surface area contributed by atoms with Crippen molar-refractivity contribution in [1.29, 1.82) is 10.5 Å². The van der Waals surface area contributed by atoms with Crippen LogP contribution in [0.25, 0.3) is 0 Å². The normalized spacial score (nSPS) is 20.2. The molecule has 0 atom stereocenters. The van der Waals surface area contributed by atoms with Crippen LogP contribution < -0.4 is 0 Å². The first-order valence-electron chi connectivity index (χ1n) is 2.95. The van der Waals surface area contributed by atoms with Gasteiger partial charge in [-0.25, -0.2) is 0 Å². The summed E-state index contributed by atoms with van der Waals surface area (Å²) < 4.78 is 4.85. The van der Waals surface area contributed by atoms with Gasteiger partial charge in [0.25, 0.3) is 0 Å². The number of hydrogen-bond donors (Lipinski definition) is 0. The average molecular weight is 134 g/mol. The summed E-state index contributed by atoms with van der Waals surface area (Å²) in [6, 6.07) is 3.88. The standard InChI is InChI=1S/C7H6N2O/c8-5-7(6-9)1-3-10-4-2-7/h1,3H,2,4H2. The van der Waals surface area contributed by atoms with Crippen LogP contribution >= 0.6 is 0 Å². The molecule has 0 radical (unpaired) electrons. The molecule has 0 unspecified atom stereocenters. The zero-order valence-corrected chi connectivity index (χ0v) is 5.37. The van der Waals surface area contributed by atoms with Crippen LogP contribution in [0, 0.1) is 28.1 Å². The first-order valence-corrected chi connectivity index (χ1v) is 2.95. The van der Waals surface area contributed by atoms with Crippen molar-refractivity contribution in [2.24, 2.45) is 5.41 Å². The second-order valence-corrected chi connectivity index (χ2v) is 2.12. The molecule has 0 spiro atoms. The molecule has 50 valence electrons. The second-order valence-electron chi connectivity index (χ2n) is 2.12.